The SMILES string of the molecule is CCCCCCCCC(CCCCCCCCc1c(F)c(F)c(F)c(F)c1F)C(O)(OC)OC. The topological polar surface area (TPSA) is 38.7 Å². The van der Waals surface area contributed by atoms with E-state index in [9.17, 15) is 27.1 Å². The Morgan fingerprint density at radius 3 is 1.44 bits per heavy atom. The predicted molar refractivity (Wildman–Crippen MR) is 123 cm³/mol. The third-order valence-electron chi connectivity index (χ3n) is 6.54. The summed E-state index contributed by atoms with van der Waals surface area (Å²) in [5, 5.41) is 10.6. The molecule has 0 amide bonds. The summed E-state index contributed by atoms with van der Waals surface area (Å²) in [4.78, 5) is 0. The van der Waals surface area contributed by atoms with Crippen molar-refractivity contribution in [2.75, 3.05) is 14.2 Å². The van der Waals surface area contributed by atoms with Gasteiger partial charge in [0.15, 0.2) is 23.3 Å². The molecule has 0 bridgehead atoms. The maximum absolute atomic E-state index is 13.7. The molecule has 0 fully saturated rings. The van der Waals surface area contributed by atoms with E-state index in [-0.39, 0.29) is 12.3 Å². The van der Waals surface area contributed by atoms with Crippen molar-refractivity contribution in [2.24, 2.45) is 5.92 Å². The second-order valence-corrected chi connectivity index (χ2v) is 9.00. The molecule has 0 aromatic heterocycles. The summed E-state index contributed by atoms with van der Waals surface area (Å²) in [7, 11) is 2.87. The van der Waals surface area contributed by atoms with Gasteiger partial charge in [-0.25, -0.2) is 22.0 Å². The lowest BCUT2D eigenvalue weighted by molar-refractivity contribution is -0.369. The Morgan fingerprint density at radius 2 is 1.00 bits per heavy atom. The van der Waals surface area contributed by atoms with Crippen molar-refractivity contribution in [3.05, 3.63) is 34.6 Å². The van der Waals surface area contributed by atoms with Crippen LogP contribution in [0.5, 0.6) is 0 Å². The van der Waals surface area contributed by atoms with Crippen LogP contribution in [0.15, 0.2) is 0 Å². The first-order valence-electron chi connectivity index (χ1n) is 12.6. The fourth-order valence-corrected chi connectivity index (χ4v) is 4.37. The Kier molecular flexibility index (Phi) is 14.9. The van der Waals surface area contributed by atoms with Gasteiger partial charge in [-0.3, -0.25) is 0 Å². The van der Waals surface area contributed by atoms with Gasteiger partial charge in [0.2, 0.25) is 5.82 Å². The van der Waals surface area contributed by atoms with Crippen molar-refractivity contribution in [3.8, 4) is 0 Å². The van der Waals surface area contributed by atoms with E-state index in [4.69, 9.17) is 9.47 Å². The van der Waals surface area contributed by atoms with Crippen LogP contribution in [0, 0.1) is 35.0 Å². The van der Waals surface area contributed by atoms with Crippen molar-refractivity contribution < 1.29 is 36.5 Å². The number of benzene rings is 1. The number of unbranched alkanes of at least 4 members (excludes halogenated alkanes) is 10. The molecule has 0 aliphatic heterocycles. The number of methoxy groups -OCH3 is 2. The highest BCUT2D eigenvalue weighted by atomic mass is 19.2. The number of aliphatic hydroxyl groups is 1. The quantitative estimate of drug-likeness (QED) is 0.0694. The number of hydrogen-bond acceptors (Lipinski definition) is 3. The van der Waals surface area contributed by atoms with Gasteiger partial charge in [-0.2, -0.15) is 0 Å². The van der Waals surface area contributed by atoms with Crippen LogP contribution in [0.2, 0.25) is 0 Å². The zero-order chi connectivity index (χ0) is 25.6. The van der Waals surface area contributed by atoms with Crippen molar-refractivity contribution in [2.45, 2.75) is 109 Å². The smallest absolute Gasteiger partial charge is 0.282 e. The monoisotopic (exact) mass is 496 g/mol. The van der Waals surface area contributed by atoms with E-state index in [1.165, 1.54) is 39.9 Å². The maximum atomic E-state index is 13.7. The summed E-state index contributed by atoms with van der Waals surface area (Å²) in [6, 6.07) is 0. The van der Waals surface area contributed by atoms with E-state index in [1.54, 1.807) is 0 Å². The molecule has 1 rings (SSSR count). The van der Waals surface area contributed by atoms with Crippen molar-refractivity contribution in [1.82, 2.24) is 0 Å². The minimum absolute atomic E-state index is 0.136. The van der Waals surface area contributed by atoms with Gasteiger partial charge >= 0.3 is 0 Å². The van der Waals surface area contributed by atoms with Crippen molar-refractivity contribution in [3.63, 3.8) is 0 Å². The summed E-state index contributed by atoms with van der Waals surface area (Å²) < 4.78 is 77.5. The van der Waals surface area contributed by atoms with E-state index in [2.05, 4.69) is 6.92 Å². The van der Waals surface area contributed by atoms with Gasteiger partial charge in [-0.15, -0.1) is 0 Å². The van der Waals surface area contributed by atoms with E-state index in [1.807, 2.05) is 0 Å². The molecule has 1 aromatic rings. The van der Waals surface area contributed by atoms with E-state index in [0.717, 1.165) is 51.4 Å². The number of rotatable bonds is 19. The first-order valence-corrected chi connectivity index (χ1v) is 12.6. The van der Waals surface area contributed by atoms with Crippen LogP contribution in [0.1, 0.15) is 102 Å². The number of halogens is 5. The second-order valence-electron chi connectivity index (χ2n) is 9.00. The third kappa shape index (κ3) is 9.42. The van der Waals surface area contributed by atoms with Gasteiger partial charge in [-0.05, 0) is 25.7 Å². The Morgan fingerprint density at radius 1 is 0.618 bits per heavy atom. The Balaban J connectivity index is 2.36. The van der Waals surface area contributed by atoms with E-state index < -0.39 is 40.6 Å². The second kappa shape index (κ2) is 16.4. The van der Waals surface area contributed by atoms with Crippen molar-refractivity contribution in [1.29, 1.82) is 0 Å². The fraction of sp³-hybridized carbons (Fsp3) is 0.769. The molecule has 8 heteroatoms. The average molecular weight is 497 g/mol. The molecule has 0 heterocycles. The summed E-state index contributed by atoms with van der Waals surface area (Å²) in [5.74, 6) is -11.1. The largest absolute Gasteiger partial charge is 0.343 e. The molecule has 0 aliphatic rings. The molecule has 1 unspecified atom stereocenters. The summed E-state index contributed by atoms with van der Waals surface area (Å²) in [5.41, 5.74) is -0.743. The number of hydrogen-bond donors (Lipinski definition) is 1. The Labute approximate surface area is 201 Å². The molecule has 1 atom stereocenters. The molecular weight excluding hydrogens is 455 g/mol. The van der Waals surface area contributed by atoms with Crippen LogP contribution < -0.4 is 0 Å². The number of ether oxygens (including phenoxy) is 2. The minimum atomic E-state index is -2.12. The lowest BCUT2D eigenvalue weighted by Crippen LogP contribution is -2.42. The molecule has 198 valence electrons. The van der Waals surface area contributed by atoms with Crippen molar-refractivity contribution >= 4 is 0 Å². The molecule has 34 heavy (non-hydrogen) atoms. The highest BCUT2D eigenvalue weighted by Crippen LogP contribution is 2.30. The van der Waals surface area contributed by atoms with Crippen LogP contribution in [-0.2, 0) is 15.9 Å². The molecule has 0 spiro atoms. The molecule has 0 aliphatic carbocycles. The molecule has 1 N–H and O–H groups in total. The lowest BCUT2D eigenvalue weighted by Gasteiger charge is -2.33. The van der Waals surface area contributed by atoms with E-state index >= 15 is 0 Å². The third-order valence-corrected chi connectivity index (χ3v) is 6.54. The summed E-state index contributed by atoms with van der Waals surface area (Å²) in [6.45, 7) is 2.18. The molecular formula is C26H41F5O3. The maximum Gasteiger partial charge on any atom is 0.282 e. The van der Waals surface area contributed by atoms with Gasteiger partial charge in [0, 0.05) is 25.7 Å². The predicted octanol–water partition coefficient (Wildman–Crippen LogP) is 7.96. The molecule has 0 radical (unpaired) electrons. The van der Waals surface area contributed by atoms with Gasteiger partial charge in [0.05, 0.1) is 0 Å². The zero-order valence-electron chi connectivity index (χ0n) is 20.8. The van der Waals surface area contributed by atoms with Gasteiger partial charge in [-0.1, -0.05) is 77.6 Å². The summed E-state index contributed by atoms with van der Waals surface area (Å²) >= 11 is 0. The molecule has 0 saturated carbocycles. The van der Waals surface area contributed by atoms with Gasteiger partial charge in [0.1, 0.15) is 0 Å². The summed E-state index contributed by atoms with van der Waals surface area (Å²) in [6.07, 6.45) is 12.7. The Bertz CT molecular complexity index is 681. The van der Waals surface area contributed by atoms with Crippen LogP contribution in [0.4, 0.5) is 22.0 Å². The highest BCUT2D eigenvalue weighted by molar-refractivity contribution is 5.24. The first-order chi connectivity index (χ1) is 16.2. The van der Waals surface area contributed by atoms with Crippen LogP contribution in [0.3, 0.4) is 0 Å². The van der Waals surface area contributed by atoms with Gasteiger partial charge in [0.25, 0.3) is 5.97 Å². The Hall–Kier alpha value is -1.25. The first kappa shape index (κ1) is 30.8. The lowest BCUT2D eigenvalue weighted by atomic mass is 9.91. The zero-order valence-corrected chi connectivity index (χ0v) is 20.8. The van der Waals surface area contributed by atoms with Crippen LogP contribution in [-0.4, -0.2) is 25.3 Å². The van der Waals surface area contributed by atoms with Crippen LogP contribution >= 0.6 is 0 Å². The molecule has 1 aromatic carbocycles. The molecule has 3 nitrogen and oxygen atoms in total. The van der Waals surface area contributed by atoms with Crippen LogP contribution in [0.25, 0.3) is 0 Å². The standard InChI is InChI=1S/C26H41F5O3/c1-4-5-6-7-10-13-16-19(26(32,33-2)34-3)17-14-11-8-9-12-15-18-20-21(27)23(29)25(31)24(30)22(20)28/h19,32H,4-18H2,1-3H3. The average Bonchev–Trinajstić information content (AvgIpc) is 2.85. The molecule has 0 saturated heterocycles. The highest BCUT2D eigenvalue weighted by Gasteiger charge is 2.36. The normalized spacial score (nSPS) is 13.0. The van der Waals surface area contributed by atoms with Gasteiger partial charge < -0.3 is 14.6 Å². The van der Waals surface area contributed by atoms with E-state index in [0.29, 0.717) is 12.8 Å². The fourth-order valence-electron chi connectivity index (χ4n) is 4.37. The minimum Gasteiger partial charge on any atom is -0.343 e.